The van der Waals surface area contributed by atoms with Gasteiger partial charge >= 0.3 is 0 Å². The van der Waals surface area contributed by atoms with Gasteiger partial charge in [0.05, 0.1) is 41.2 Å². The number of aromatic nitrogens is 4. The summed E-state index contributed by atoms with van der Waals surface area (Å²) in [6.07, 6.45) is 5.04. The molecule has 3 heterocycles. The van der Waals surface area contributed by atoms with Crippen LogP contribution in [0.15, 0.2) is 47.7 Å². The minimum atomic E-state index is -0.424. The molecule has 10 heteroatoms. The van der Waals surface area contributed by atoms with Gasteiger partial charge in [-0.05, 0) is 61.0 Å². The minimum Gasteiger partial charge on any atom is -0.391 e. The monoisotopic (exact) mass is 463 g/mol. The number of aliphatic hydroxyl groups is 1. The molecule has 0 spiro atoms. The lowest BCUT2D eigenvalue weighted by atomic mass is 9.93. The number of nitrogens with zero attached hydrogens (tertiary/aromatic N) is 5. The van der Waals surface area contributed by atoms with E-state index in [0.29, 0.717) is 5.11 Å². The summed E-state index contributed by atoms with van der Waals surface area (Å²) in [5, 5.41) is 14.4. The summed E-state index contributed by atoms with van der Waals surface area (Å²) in [7, 11) is 0. The summed E-state index contributed by atoms with van der Waals surface area (Å²) in [6.45, 7) is 0. The quantitative estimate of drug-likeness (QED) is 0.398. The van der Waals surface area contributed by atoms with Crippen molar-refractivity contribution in [3.8, 4) is 0 Å². The Morgan fingerprint density at radius 3 is 2.84 bits per heavy atom. The van der Waals surface area contributed by atoms with Crippen LogP contribution in [0, 0.1) is 0 Å². The van der Waals surface area contributed by atoms with Crippen molar-refractivity contribution in [1.82, 2.24) is 24.0 Å². The molecule has 2 fully saturated rings. The number of benzene rings is 2. The van der Waals surface area contributed by atoms with E-state index in [1.165, 1.54) is 11.7 Å². The van der Waals surface area contributed by atoms with Crippen LogP contribution < -0.4 is 10.2 Å². The first-order valence-electron chi connectivity index (χ1n) is 10.7. The molecule has 2 aromatic heterocycles. The minimum absolute atomic E-state index is 0.130. The Labute approximate surface area is 193 Å². The number of aliphatic hydroxyl groups excluding tert-OH is 1. The van der Waals surface area contributed by atoms with Crippen molar-refractivity contribution in [3.63, 3.8) is 0 Å². The van der Waals surface area contributed by atoms with Gasteiger partial charge in [0.1, 0.15) is 22.9 Å². The van der Waals surface area contributed by atoms with Crippen LogP contribution in [0.3, 0.4) is 0 Å². The zero-order valence-electron chi connectivity index (χ0n) is 17.1. The van der Waals surface area contributed by atoms with Gasteiger partial charge in [-0.15, -0.1) is 0 Å². The predicted molar refractivity (Wildman–Crippen MR) is 130 cm³/mol. The van der Waals surface area contributed by atoms with Gasteiger partial charge < -0.3 is 20.3 Å². The van der Waals surface area contributed by atoms with Crippen LogP contribution in [-0.2, 0) is 0 Å². The second-order valence-electron chi connectivity index (χ2n) is 8.25. The average Bonchev–Trinajstić information content (AvgIpc) is 3.52. The van der Waals surface area contributed by atoms with Gasteiger partial charge in [-0.25, -0.2) is 4.98 Å². The molecule has 2 aromatic carbocycles. The van der Waals surface area contributed by atoms with E-state index in [1.54, 1.807) is 6.33 Å². The number of rotatable bonds is 3. The molecule has 1 aliphatic carbocycles. The number of thiocarbonyl (C=S) groups is 1. The first-order chi connectivity index (χ1) is 15.7. The molecule has 1 aliphatic heterocycles. The van der Waals surface area contributed by atoms with Crippen molar-refractivity contribution in [2.45, 2.75) is 43.9 Å². The van der Waals surface area contributed by atoms with Gasteiger partial charge in [-0.2, -0.15) is 8.75 Å². The van der Waals surface area contributed by atoms with Crippen molar-refractivity contribution in [2.24, 2.45) is 4.99 Å². The summed E-state index contributed by atoms with van der Waals surface area (Å²) in [4.78, 5) is 14.6. The second kappa shape index (κ2) is 7.88. The van der Waals surface area contributed by atoms with Gasteiger partial charge in [-0.1, -0.05) is 18.9 Å². The largest absolute Gasteiger partial charge is 0.391 e. The normalized spacial score (nSPS) is 25.2. The lowest BCUT2D eigenvalue weighted by Gasteiger charge is -2.27. The summed E-state index contributed by atoms with van der Waals surface area (Å²) in [5.74, 6) is 0.755. The number of H-pyrrole nitrogens is 1. The number of anilines is 1. The predicted octanol–water partition coefficient (Wildman–Crippen LogP) is 3.71. The maximum absolute atomic E-state index is 10.5. The number of fused-ring (bicyclic) bond motifs is 2. The van der Waals surface area contributed by atoms with Crippen LogP contribution in [0.5, 0.6) is 0 Å². The Balaban J connectivity index is 1.48. The molecule has 0 radical (unpaired) electrons. The topological polar surface area (TPSA) is 102 Å². The van der Waals surface area contributed by atoms with E-state index >= 15 is 0 Å². The summed E-state index contributed by atoms with van der Waals surface area (Å²) in [6, 6.07) is 11.8. The van der Waals surface area contributed by atoms with Gasteiger partial charge in [0.2, 0.25) is 0 Å². The molecule has 6 rings (SSSR count). The highest BCUT2D eigenvalue weighted by molar-refractivity contribution is 7.80. The van der Waals surface area contributed by atoms with E-state index in [1.807, 2.05) is 30.3 Å². The number of hydrogen-bond donors (Lipinski definition) is 3. The zero-order valence-corrected chi connectivity index (χ0v) is 18.7. The lowest BCUT2D eigenvalue weighted by Crippen LogP contribution is -2.32. The molecule has 1 saturated heterocycles. The van der Waals surface area contributed by atoms with Crippen LogP contribution in [0.2, 0.25) is 0 Å². The molecular formula is C22H21N7OS2. The molecule has 3 N–H and O–H groups in total. The van der Waals surface area contributed by atoms with E-state index in [-0.39, 0.29) is 12.1 Å². The van der Waals surface area contributed by atoms with E-state index in [9.17, 15) is 5.11 Å². The zero-order chi connectivity index (χ0) is 21.7. The fourth-order valence-electron chi connectivity index (χ4n) is 4.61. The fourth-order valence-corrected chi connectivity index (χ4v) is 5.45. The van der Waals surface area contributed by atoms with Crippen LogP contribution in [-0.4, -0.2) is 46.9 Å². The van der Waals surface area contributed by atoms with Crippen molar-refractivity contribution in [1.29, 1.82) is 0 Å². The van der Waals surface area contributed by atoms with Gasteiger partial charge in [0.15, 0.2) is 5.11 Å². The van der Waals surface area contributed by atoms with E-state index in [0.717, 1.165) is 64.8 Å². The first kappa shape index (κ1) is 19.7. The molecule has 32 heavy (non-hydrogen) atoms. The first-order valence-corrected chi connectivity index (χ1v) is 11.8. The third kappa shape index (κ3) is 3.35. The van der Waals surface area contributed by atoms with E-state index in [2.05, 4.69) is 35.0 Å². The highest BCUT2D eigenvalue weighted by atomic mass is 32.1. The molecule has 4 aromatic rings. The van der Waals surface area contributed by atoms with Crippen LogP contribution >= 0.6 is 23.9 Å². The van der Waals surface area contributed by atoms with Crippen molar-refractivity contribution in [3.05, 3.63) is 48.3 Å². The summed E-state index contributed by atoms with van der Waals surface area (Å²) in [5.41, 5.74) is 5.51. The fraction of sp³-hybridized carbons (Fsp3) is 0.318. The van der Waals surface area contributed by atoms with E-state index in [4.69, 9.17) is 17.2 Å². The smallest absolute Gasteiger partial charge is 0.179 e. The van der Waals surface area contributed by atoms with Crippen LogP contribution in [0.25, 0.3) is 22.1 Å². The molecule has 0 bridgehead atoms. The number of aromatic amines is 1. The Bertz CT molecular complexity index is 1350. The Morgan fingerprint density at radius 1 is 1.06 bits per heavy atom. The molecular weight excluding hydrogens is 442 g/mol. The average molecular weight is 464 g/mol. The van der Waals surface area contributed by atoms with Crippen molar-refractivity contribution < 1.29 is 5.11 Å². The number of aliphatic imine (C=N–C) groups is 1. The van der Waals surface area contributed by atoms with Gasteiger partial charge in [0.25, 0.3) is 0 Å². The molecule has 3 unspecified atom stereocenters. The standard InChI is InChI=1S/C22H21N7OS2/c30-19-4-2-1-3-16(19)25-21-20(12-5-7-15-18(9-12)28-32-27-15)29(22(31)26-21)13-6-8-14-17(10-13)24-11-23-14/h5-11,16,19-20,30H,1-4H2,(H,23,24)(H,25,26,31). The summed E-state index contributed by atoms with van der Waals surface area (Å²) >= 11 is 6.98. The van der Waals surface area contributed by atoms with Crippen molar-refractivity contribution in [2.75, 3.05) is 4.90 Å². The highest BCUT2D eigenvalue weighted by Gasteiger charge is 2.38. The molecule has 3 atom stereocenters. The Kier molecular flexibility index (Phi) is 4.85. The maximum atomic E-state index is 10.5. The second-order valence-corrected chi connectivity index (χ2v) is 9.17. The Hall–Kier alpha value is -2.95. The van der Waals surface area contributed by atoms with Gasteiger partial charge in [-0.3, -0.25) is 4.99 Å². The summed E-state index contributed by atoms with van der Waals surface area (Å²) < 4.78 is 8.75. The molecule has 1 saturated carbocycles. The number of nitrogens with one attached hydrogen (secondary N) is 2. The SMILES string of the molecule is OC1CCCCC1N=C1NC(=S)N(c2ccc3[nH]cnc3c2)C1c1ccc2nsnc2c1. The molecule has 0 amide bonds. The Morgan fingerprint density at radius 2 is 1.94 bits per heavy atom. The molecule has 8 nitrogen and oxygen atoms in total. The third-order valence-corrected chi connectivity index (χ3v) is 7.10. The molecule has 2 aliphatic rings. The van der Waals surface area contributed by atoms with Gasteiger partial charge in [0, 0.05) is 5.69 Å². The van der Waals surface area contributed by atoms with Crippen LogP contribution in [0.4, 0.5) is 5.69 Å². The third-order valence-electron chi connectivity index (χ3n) is 6.25. The number of amidine groups is 1. The lowest BCUT2D eigenvalue weighted by molar-refractivity contribution is 0.109. The maximum Gasteiger partial charge on any atom is 0.179 e. The number of hydrogen-bond acceptors (Lipinski definition) is 7. The molecule has 162 valence electrons. The number of imidazole rings is 1. The van der Waals surface area contributed by atoms with Crippen molar-refractivity contribution >= 4 is 62.6 Å². The van der Waals surface area contributed by atoms with Crippen LogP contribution in [0.1, 0.15) is 37.3 Å². The highest BCUT2D eigenvalue weighted by Crippen LogP contribution is 2.35. The van der Waals surface area contributed by atoms with E-state index < -0.39 is 6.10 Å².